The summed E-state index contributed by atoms with van der Waals surface area (Å²) in [6.45, 7) is 5.73. The normalized spacial score (nSPS) is 19.2. The molecule has 1 aromatic carbocycles. The third kappa shape index (κ3) is 8.31. The number of ketones is 1. The summed E-state index contributed by atoms with van der Waals surface area (Å²) in [5.41, 5.74) is 0.611. The maximum absolute atomic E-state index is 13.7. The van der Waals surface area contributed by atoms with Crippen molar-refractivity contribution in [3.8, 4) is 0 Å². The fourth-order valence-electron chi connectivity index (χ4n) is 5.51. The van der Waals surface area contributed by atoms with E-state index < -0.39 is 47.0 Å². The van der Waals surface area contributed by atoms with Crippen LogP contribution in [0.25, 0.3) is 11.0 Å². The molecule has 2 heterocycles. The van der Waals surface area contributed by atoms with E-state index in [0.717, 1.165) is 32.1 Å². The number of nitrogens with zero attached hydrogens (tertiary/aromatic N) is 2. The number of hydrogen-bond acceptors (Lipinski definition) is 7. The van der Waals surface area contributed by atoms with Crippen molar-refractivity contribution in [3.63, 3.8) is 0 Å². The largest absolute Gasteiger partial charge is 0.356 e. The second-order valence-corrected chi connectivity index (χ2v) is 12.2. The molecule has 4 amide bonds. The first-order valence-corrected chi connectivity index (χ1v) is 14.5. The van der Waals surface area contributed by atoms with Crippen molar-refractivity contribution in [2.75, 3.05) is 6.54 Å². The van der Waals surface area contributed by atoms with E-state index in [-0.39, 0.29) is 23.9 Å². The van der Waals surface area contributed by atoms with Gasteiger partial charge in [-0.15, -0.1) is 0 Å². The molecule has 4 N–H and O–H groups in total. The smallest absolute Gasteiger partial charge is 0.290 e. The number of nitrogens with one attached hydrogen (secondary N) is 4. The molecule has 0 radical (unpaired) electrons. The topological polar surface area (TPSA) is 159 Å². The highest BCUT2D eigenvalue weighted by Crippen LogP contribution is 2.28. The van der Waals surface area contributed by atoms with Crippen LogP contribution in [0.5, 0.6) is 0 Å². The molecule has 2 aromatic rings. The van der Waals surface area contributed by atoms with Gasteiger partial charge in [0.25, 0.3) is 11.8 Å². The maximum Gasteiger partial charge on any atom is 0.290 e. The van der Waals surface area contributed by atoms with Crippen molar-refractivity contribution in [2.24, 2.45) is 11.8 Å². The minimum atomic E-state index is -1.22. The number of aromatic nitrogens is 2. The van der Waals surface area contributed by atoms with Gasteiger partial charge in [-0.2, -0.15) is 0 Å². The highest BCUT2D eigenvalue weighted by atomic mass is 16.2. The zero-order valence-corrected chi connectivity index (χ0v) is 24.0. The first-order valence-electron chi connectivity index (χ1n) is 14.5. The lowest BCUT2D eigenvalue weighted by atomic mass is 9.84. The average molecular weight is 565 g/mol. The Balaban J connectivity index is 1.54. The molecule has 2 aliphatic rings. The fraction of sp³-hybridized carbons (Fsp3) is 0.567. The number of benzene rings is 1. The molecule has 1 aromatic heterocycles. The van der Waals surface area contributed by atoms with Crippen LogP contribution in [0.4, 0.5) is 0 Å². The monoisotopic (exact) mass is 564 g/mol. The Labute approximate surface area is 240 Å². The standard InChI is InChI=1S/C30H40N6O5/c1-30(2,3)36-29(41)25(37)22(16-19-13-14-31-26(19)38)34-27(39)23(15-18-9-5-4-6-10-18)35-28(40)24-17-32-20-11-7-8-12-21(20)33-24/h7-8,11-12,17-19,22-23H,4-6,9-10,13-16H2,1-3H3,(H,31,38)(H,34,39)(H,35,40)(H,36,41)/t19-,22-,23-/m0/s1. The molecule has 1 saturated carbocycles. The SMILES string of the molecule is CC(C)(C)NC(=O)C(=O)[C@H](C[C@@H]1CCNC1=O)NC(=O)[C@H](CC1CCCCC1)NC(=O)c1cnc2ccccc2n1. The molecular weight excluding hydrogens is 524 g/mol. The lowest BCUT2D eigenvalue weighted by Crippen LogP contribution is -2.56. The van der Waals surface area contributed by atoms with Gasteiger partial charge in [0.05, 0.1) is 23.3 Å². The first kappa shape index (κ1) is 30.1. The van der Waals surface area contributed by atoms with Crippen LogP contribution < -0.4 is 21.3 Å². The molecule has 2 fully saturated rings. The average Bonchev–Trinajstić information content (AvgIpc) is 3.35. The minimum Gasteiger partial charge on any atom is -0.356 e. The number of amides is 4. The van der Waals surface area contributed by atoms with E-state index in [9.17, 15) is 24.0 Å². The number of carbonyl (C=O) groups excluding carboxylic acids is 5. The van der Waals surface area contributed by atoms with Crippen LogP contribution in [0.15, 0.2) is 30.5 Å². The Hall–Kier alpha value is -3.89. The van der Waals surface area contributed by atoms with Gasteiger partial charge in [-0.3, -0.25) is 29.0 Å². The number of fused-ring (bicyclic) bond motifs is 1. The van der Waals surface area contributed by atoms with E-state index in [1.807, 2.05) is 6.07 Å². The van der Waals surface area contributed by atoms with E-state index in [1.165, 1.54) is 6.20 Å². The molecule has 3 atom stereocenters. The summed E-state index contributed by atoms with van der Waals surface area (Å²) in [6.07, 6.45) is 7.36. The predicted molar refractivity (Wildman–Crippen MR) is 153 cm³/mol. The van der Waals surface area contributed by atoms with E-state index >= 15 is 0 Å². The predicted octanol–water partition coefficient (Wildman–Crippen LogP) is 2.19. The summed E-state index contributed by atoms with van der Waals surface area (Å²) in [7, 11) is 0. The molecule has 0 spiro atoms. The van der Waals surface area contributed by atoms with Gasteiger partial charge in [0, 0.05) is 18.0 Å². The minimum absolute atomic E-state index is 0.00574. The van der Waals surface area contributed by atoms with E-state index in [0.29, 0.717) is 30.4 Å². The van der Waals surface area contributed by atoms with E-state index in [2.05, 4.69) is 31.2 Å². The Morgan fingerprint density at radius 1 is 0.951 bits per heavy atom. The molecule has 1 saturated heterocycles. The van der Waals surface area contributed by atoms with Gasteiger partial charge in [-0.1, -0.05) is 44.2 Å². The molecule has 11 nitrogen and oxygen atoms in total. The molecule has 0 bridgehead atoms. The molecule has 1 aliphatic heterocycles. The Morgan fingerprint density at radius 2 is 1.66 bits per heavy atom. The first-order chi connectivity index (χ1) is 19.5. The van der Waals surface area contributed by atoms with Crippen LogP contribution in [0.1, 0.15) is 82.6 Å². The van der Waals surface area contributed by atoms with E-state index in [4.69, 9.17) is 0 Å². The Morgan fingerprint density at radius 3 is 2.32 bits per heavy atom. The van der Waals surface area contributed by atoms with Crippen molar-refractivity contribution in [1.29, 1.82) is 0 Å². The third-order valence-electron chi connectivity index (χ3n) is 7.63. The number of rotatable bonds is 10. The fourth-order valence-corrected chi connectivity index (χ4v) is 5.51. The van der Waals surface area contributed by atoms with Gasteiger partial charge >= 0.3 is 0 Å². The van der Waals surface area contributed by atoms with Crippen LogP contribution in [0, 0.1) is 11.8 Å². The number of hydrogen-bond donors (Lipinski definition) is 4. The lowest BCUT2D eigenvalue weighted by Gasteiger charge is -2.28. The summed E-state index contributed by atoms with van der Waals surface area (Å²) in [5, 5.41) is 10.9. The zero-order valence-electron chi connectivity index (χ0n) is 24.0. The van der Waals surface area contributed by atoms with Crippen molar-refractivity contribution in [2.45, 2.75) is 89.8 Å². The van der Waals surface area contributed by atoms with Gasteiger partial charge in [-0.05, 0) is 58.1 Å². The van der Waals surface area contributed by atoms with Crippen molar-refractivity contribution in [1.82, 2.24) is 31.2 Å². The Kier molecular flexibility index (Phi) is 9.67. The molecule has 0 unspecified atom stereocenters. The van der Waals surface area contributed by atoms with Crippen LogP contribution in [-0.2, 0) is 19.2 Å². The van der Waals surface area contributed by atoms with Gasteiger partial charge in [0.2, 0.25) is 17.6 Å². The van der Waals surface area contributed by atoms with Crippen LogP contribution in [-0.4, -0.2) is 63.5 Å². The second kappa shape index (κ2) is 13.2. The van der Waals surface area contributed by atoms with Crippen LogP contribution in [0.3, 0.4) is 0 Å². The molecule has 11 heteroatoms. The van der Waals surface area contributed by atoms with Crippen LogP contribution >= 0.6 is 0 Å². The van der Waals surface area contributed by atoms with Gasteiger partial charge in [0.1, 0.15) is 11.7 Å². The third-order valence-corrected chi connectivity index (χ3v) is 7.63. The van der Waals surface area contributed by atoms with Crippen molar-refractivity contribution in [3.05, 3.63) is 36.2 Å². The summed E-state index contributed by atoms with van der Waals surface area (Å²) in [6, 6.07) is 5.00. The molecular formula is C30H40N6O5. The zero-order chi connectivity index (χ0) is 29.6. The quantitative estimate of drug-likeness (QED) is 0.322. The summed E-state index contributed by atoms with van der Waals surface area (Å²) in [5.74, 6) is -3.28. The molecule has 1 aliphatic carbocycles. The van der Waals surface area contributed by atoms with Gasteiger partial charge < -0.3 is 21.3 Å². The Bertz CT molecular complexity index is 1300. The summed E-state index contributed by atoms with van der Waals surface area (Å²) >= 11 is 0. The molecule has 220 valence electrons. The van der Waals surface area contributed by atoms with Gasteiger partial charge in [0.15, 0.2) is 0 Å². The highest BCUT2D eigenvalue weighted by molar-refractivity contribution is 6.38. The van der Waals surface area contributed by atoms with E-state index in [1.54, 1.807) is 39.0 Å². The summed E-state index contributed by atoms with van der Waals surface area (Å²) < 4.78 is 0. The molecule has 41 heavy (non-hydrogen) atoms. The highest BCUT2D eigenvalue weighted by Gasteiger charge is 2.37. The maximum atomic E-state index is 13.7. The van der Waals surface area contributed by atoms with Crippen molar-refractivity contribution < 1.29 is 24.0 Å². The van der Waals surface area contributed by atoms with Gasteiger partial charge in [-0.25, -0.2) is 4.98 Å². The van der Waals surface area contributed by atoms with Crippen LogP contribution in [0.2, 0.25) is 0 Å². The summed E-state index contributed by atoms with van der Waals surface area (Å²) in [4.78, 5) is 74.1. The second-order valence-electron chi connectivity index (χ2n) is 12.2. The number of para-hydroxylation sites is 2. The molecule has 4 rings (SSSR count). The van der Waals surface area contributed by atoms with Crippen molar-refractivity contribution >= 4 is 40.4 Å². The number of carbonyl (C=O) groups is 5. The number of Topliss-reactive ketones (excluding diaryl/α,β-unsaturated/α-hetero) is 1. The lowest BCUT2D eigenvalue weighted by molar-refractivity contribution is -0.141.